The van der Waals surface area contributed by atoms with Crippen LogP contribution >= 0.6 is 0 Å². The average molecular weight is 330 g/mol. The van der Waals surface area contributed by atoms with E-state index in [1.807, 2.05) is 24.5 Å². The molecule has 8 nitrogen and oxygen atoms in total. The average Bonchev–Trinajstić information content (AvgIpc) is 3.05. The van der Waals surface area contributed by atoms with Gasteiger partial charge in [0, 0.05) is 19.3 Å². The zero-order valence-electron chi connectivity index (χ0n) is 14.5. The third-order valence-electron chi connectivity index (χ3n) is 4.17. The molecule has 24 heavy (non-hydrogen) atoms. The Balaban J connectivity index is 2.31. The van der Waals surface area contributed by atoms with Gasteiger partial charge in [0.05, 0.1) is 5.69 Å². The number of fused-ring (bicyclic) bond motifs is 1. The third kappa shape index (κ3) is 2.57. The monoisotopic (exact) mass is 330 g/mol. The maximum absolute atomic E-state index is 12.4. The van der Waals surface area contributed by atoms with Crippen molar-refractivity contribution in [3.05, 3.63) is 38.3 Å². The maximum atomic E-state index is 12.4. The topological polar surface area (TPSA) is 90.5 Å². The molecule has 3 aromatic heterocycles. The Morgan fingerprint density at radius 3 is 2.58 bits per heavy atom. The van der Waals surface area contributed by atoms with Gasteiger partial charge in [-0.25, -0.2) is 9.48 Å². The molecule has 0 bridgehead atoms. The number of nitrogens with one attached hydrogen (secondary N) is 1. The quantitative estimate of drug-likeness (QED) is 0.716. The number of H-pyrrole nitrogens is 1. The summed E-state index contributed by atoms with van der Waals surface area (Å²) in [4.78, 5) is 31.2. The van der Waals surface area contributed by atoms with Gasteiger partial charge in [-0.1, -0.05) is 19.8 Å². The predicted molar refractivity (Wildman–Crippen MR) is 91.7 cm³/mol. The molecule has 0 saturated carbocycles. The van der Waals surface area contributed by atoms with Gasteiger partial charge in [-0.2, -0.15) is 10.1 Å². The number of aromatic nitrogens is 6. The van der Waals surface area contributed by atoms with Gasteiger partial charge in [-0.3, -0.25) is 14.3 Å². The standard InChI is InChI=1S/C16H22N6O2/c1-5-6-7-8-21-12-13(20(4)16(24)18-14(12)23)17-15(21)22-11(3)9-10(2)19-22/h9H,5-8H2,1-4H3,(H,18,23,24). The van der Waals surface area contributed by atoms with Crippen LogP contribution in [-0.4, -0.2) is 28.9 Å². The lowest BCUT2D eigenvalue weighted by molar-refractivity contribution is 0.589. The lowest BCUT2D eigenvalue weighted by Gasteiger charge is -2.09. The second-order valence-electron chi connectivity index (χ2n) is 6.10. The summed E-state index contributed by atoms with van der Waals surface area (Å²) in [5.41, 5.74) is 1.72. The van der Waals surface area contributed by atoms with Crippen molar-refractivity contribution in [2.45, 2.75) is 46.6 Å². The molecule has 0 aliphatic heterocycles. The fourth-order valence-electron chi connectivity index (χ4n) is 2.95. The van der Waals surface area contributed by atoms with Crippen molar-refractivity contribution in [2.24, 2.45) is 7.05 Å². The van der Waals surface area contributed by atoms with Crippen molar-refractivity contribution in [2.75, 3.05) is 0 Å². The van der Waals surface area contributed by atoms with E-state index in [9.17, 15) is 9.59 Å². The number of aryl methyl sites for hydroxylation is 4. The molecule has 3 heterocycles. The summed E-state index contributed by atoms with van der Waals surface area (Å²) in [6.07, 6.45) is 3.06. The minimum atomic E-state index is -0.467. The number of hydrogen-bond acceptors (Lipinski definition) is 4. The Labute approximate surface area is 138 Å². The lowest BCUT2D eigenvalue weighted by atomic mass is 10.2. The first kappa shape index (κ1) is 16.2. The summed E-state index contributed by atoms with van der Waals surface area (Å²) in [6.45, 7) is 6.64. The Hall–Kier alpha value is -2.64. The van der Waals surface area contributed by atoms with Crippen LogP contribution in [0.3, 0.4) is 0 Å². The van der Waals surface area contributed by atoms with Crippen LogP contribution in [0, 0.1) is 13.8 Å². The molecule has 0 atom stereocenters. The van der Waals surface area contributed by atoms with E-state index in [1.165, 1.54) is 4.57 Å². The number of unbranched alkanes of at least 4 members (excludes halogenated alkanes) is 2. The van der Waals surface area contributed by atoms with Crippen molar-refractivity contribution in [1.82, 2.24) is 28.9 Å². The molecule has 128 valence electrons. The molecular weight excluding hydrogens is 308 g/mol. The number of imidazole rings is 1. The summed E-state index contributed by atoms with van der Waals surface area (Å²) in [6, 6.07) is 1.96. The summed E-state index contributed by atoms with van der Waals surface area (Å²) in [5, 5.41) is 4.48. The molecule has 0 spiro atoms. The van der Waals surface area contributed by atoms with Crippen LogP contribution in [0.25, 0.3) is 17.1 Å². The van der Waals surface area contributed by atoms with Gasteiger partial charge in [0.2, 0.25) is 5.95 Å². The largest absolute Gasteiger partial charge is 0.329 e. The molecule has 0 aliphatic rings. The van der Waals surface area contributed by atoms with E-state index in [0.717, 1.165) is 30.7 Å². The highest BCUT2D eigenvalue weighted by atomic mass is 16.2. The summed E-state index contributed by atoms with van der Waals surface area (Å²) >= 11 is 0. The molecule has 0 aliphatic carbocycles. The second-order valence-corrected chi connectivity index (χ2v) is 6.10. The highest BCUT2D eigenvalue weighted by Crippen LogP contribution is 2.18. The number of nitrogens with zero attached hydrogens (tertiary/aromatic N) is 5. The van der Waals surface area contributed by atoms with Crippen molar-refractivity contribution in [1.29, 1.82) is 0 Å². The summed E-state index contributed by atoms with van der Waals surface area (Å²) < 4.78 is 4.95. The molecule has 0 unspecified atom stereocenters. The van der Waals surface area contributed by atoms with Crippen LogP contribution < -0.4 is 11.2 Å². The highest BCUT2D eigenvalue weighted by molar-refractivity contribution is 5.72. The van der Waals surface area contributed by atoms with E-state index >= 15 is 0 Å². The van der Waals surface area contributed by atoms with Crippen LogP contribution in [-0.2, 0) is 13.6 Å². The molecule has 8 heteroatoms. The van der Waals surface area contributed by atoms with Gasteiger partial charge in [0.25, 0.3) is 5.56 Å². The fourth-order valence-corrected chi connectivity index (χ4v) is 2.95. The number of hydrogen-bond donors (Lipinski definition) is 1. The van der Waals surface area contributed by atoms with Crippen LogP contribution in [0.1, 0.15) is 37.6 Å². The highest BCUT2D eigenvalue weighted by Gasteiger charge is 2.19. The normalized spacial score (nSPS) is 11.5. The van der Waals surface area contributed by atoms with Gasteiger partial charge in [-0.05, 0) is 26.3 Å². The molecule has 0 saturated heterocycles. The lowest BCUT2D eigenvalue weighted by Crippen LogP contribution is -2.29. The smallest absolute Gasteiger partial charge is 0.302 e. The molecule has 0 fully saturated rings. The minimum Gasteiger partial charge on any atom is -0.302 e. The molecule has 3 rings (SSSR count). The number of rotatable bonds is 5. The first-order valence-electron chi connectivity index (χ1n) is 8.17. The van der Waals surface area contributed by atoms with E-state index in [4.69, 9.17) is 0 Å². The Bertz CT molecular complexity index is 1000. The predicted octanol–water partition coefficient (Wildman–Crippen LogP) is 1.42. The third-order valence-corrected chi connectivity index (χ3v) is 4.17. The molecule has 0 aromatic carbocycles. The SMILES string of the molecule is CCCCCn1c(-n2nc(C)cc2C)nc2c1c(=O)[nH]c(=O)n2C. The molecule has 0 amide bonds. The van der Waals surface area contributed by atoms with Crippen LogP contribution in [0.5, 0.6) is 0 Å². The summed E-state index contributed by atoms with van der Waals surface area (Å²) in [7, 11) is 1.61. The number of aromatic amines is 1. The summed E-state index contributed by atoms with van der Waals surface area (Å²) in [5.74, 6) is 0.568. The Morgan fingerprint density at radius 2 is 1.96 bits per heavy atom. The second kappa shape index (κ2) is 6.10. The Kier molecular flexibility index (Phi) is 4.13. The van der Waals surface area contributed by atoms with Gasteiger partial charge in [-0.15, -0.1) is 0 Å². The molecule has 3 aromatic rings. The van der Waals surface area contributed by atoms with E-state index in [2.05, 4.69) is 22.0 Å². The zero-order valence-corrected chi connectivity index (χ0v) is 14.5. The van der Waals surface area contributed by atoms with Gasteiger partial charge >= 0.3 is 5.69 Å². The van der Waals surface area contributed by atoms with E-state index in [0.29, 0.717) is 23.7 Å². The minimum absolute atomic E-state index is 0.378. The van der Waals surface area contributed by atoms with E-state index < -0.39 is 11.2 Å². The van der Waals surface area contributed by atoms with Crippen molar-refractivity contribution in [3.8, 4) is 5.95 Å². The molecule has 1 N–H and O–H groups in total. The van der Waals surface area contributed by atoms with E-state index in [-0.39, 0.29) is 0 Å². The first-order valence-corrected chi connectivity index (χ1v) is 8.17. The molecular formula is C16H22N6O2. The molecule has 0 radical (unpaired) electrons. The van der Waals surface area contributed by atoms with Crippen molar-refractivity contribution in [3.63, 3.8) is 0 Å². The van der Waals surface area contributed by atoms with Crippen molar-refractivity contribution < 1.29 is 0 Å². The Morgan fingerprint density at radius 1 is 1.21 bits per heavy atom. The van der Waals surface area contributed by atoms with Crippen molar-refractivity contribution >= 4 is 11.2 Å². The van der Waals surface area contributed by atoms with Gasteiger partial charge in [0.1, 0.15) is 0 Å². The maximum Gasteiger partial charge on any atom is 0.329 e. The zero-order chi connectivity index (χ0) is 17.4. The van der Waals surface area contributed by atoms with Crippen LogP contribution in [0.2, 0.25) is 0 Å². The van der Waals surface area contributed by atoms with Gasteiger partial charge < -0.3 is 4.57 Å². The van der Waals surface area contributed by atoms with Crippen LogP contribution in [0.15, 0.2) is 15.7 Å². The van der Waals surface area contributed by atoms with Gasteiger partial charge in [0.15, 0.2) is 11.2 Å². The van der Waals surface area contributed by atoms with Crippen LogP contribution in [0.4, 0.5) is 0 Å². The van der Waals surface area contributed by atoms with E-state index in [1.54, 1.807) is 11.7 Å². The first-order chi connectivity index (χ1) is 11.4. The fraction of sp³-hybridized carbons (Fsp3) is 0.500.